The first kappa shape index (κ1) is 12.4. The minimum absolute atomic E-state index is 0.0544. The maximum atomic E-state index is 13.6. The smallest absolute Gasteiger partial charge is 0.162 e. The van der Waals surface area contributed by atoms with Crippen molar-refractivity contribution in [2.24, 2.45) is 17.8 Å². The Kier molecular flexibility index (Phi) is 3.31. The van der Waals surface area contributed by atoms with Gasteiger partial charge in [0.15, 0.2) is 11.6 Å². The van der Waals surface area contributed by atoms with E-state index in [1.54, 1.807) is 12.1 Å². The Morgan fingerprint density at radius 1 is 1.11 bits per heavy atom. The number of hydrogen-bond donors (Lipinski definition) is 0. The maximum absolute atomic E-state index is 13.6. The van der Waals surface area contributed by atoms with Crippen LogP contribution in [0.3, 0.4) is 0 Å². The van der Waals surface area contributed by atoms with E-state index in [1.807, 2.05) is 0 Å². The monoisotopic (exact) mass is 270 g/mol. The summed E-state index contributed by atoms with van der Waals surface area (Å²) in [5.74, 6) is 0.474. The highest BCUT2D eigenvalue weighted by molar-refractivity contribution is 6.21. The van der Waals surface area contributed by atoms with Crippen molar-refractivity contribution in [2.45, 2.75) is 37.5 Å². The van der Waals surface area contributed by atoms with Crippen LogP contribution >= 0.6 is 11.6 Å². The largest absolute Gasteiger partial charge is 0.204 e. The normalized spacial score (nSPS) is 21.3. The molecule has 0 aromatic heterocycles. The fourth-order valence-corrected chi connectivity index (χ4v) is 3.57. The standard InChI is InChI=1S/C15H17ClF2/c16-12(14(9-4-5-9)10-6-7-10)8-11-2-1-3-13(17)15(11)18/h1-3,9-10,12,14H,4-8H2. The van der Waals surface area contributed by atoms with Crippen LogP contribution < -0.4 is 0 Å². The van der Waals surface area contributed by atoms with Crippen molar-refractivity contribution < 1.29 is 8.78 Å². The van der Waals surface area contributed by atoms with E-state index in [9.17, 15) is 8.78 Å². The molecule has 18 heavy (non-hydrogen) atoms. The van der Waals surface area contributed by atoms with E-state index in [1.165, 1.54) is 25.7 Å². The van der Waals surface area contributed by atoms with Gasteiger partial charge in [-0.25, -0.2) is 8.78 Å². The van der Waals surface area contributed by atoms with Crippen LogP contribution in [0.4, 0.5) is 8.78 Å². The Balaban J connectivity index is 1.72. The van der Waals surface area contributed by atoms with Crippen molar-refractivity contribution in [3.63, 3.8) is 0 Å². The molecule has 2 saturated carbocycles. The van der Waals surface area contributed by atoms with Gasteiger partial charge in [0.25, 0.3) is 0 Å². The fourth-order valence-electron chi connectivity index (χ4n) is 2.99. The van der Waals surface area contributed by atoms with Crippen molar-refractivity contribution in [3.05, 3.63) is 35.4 Å². The second-order valence-electron chi connectivity index (χ2n) is 5.69. The Morgan fingerprint density at radius 3 is 2.28 bits per heavy atom. The van der Waals surface area contributed by atoms with Gasteiger partial charge in [-0.2, -0.15) is 0 Å². The van der Waals surface area contributed by atoms with Crippen LogP contribution in [0.2, 0.25) is 0 Å². The predicted molar refractivity (Wildman–Crippen MR) is 68.6 cm³/mol. The lowest BCUT2D eigenvalue weighted by Crippen LogP contribution is -2.22. The Bertz CT molecular complexity index is 426. The van der Waals surface area contributed by atoms with Crippen LogP contribution in [-0.4, -0.2) is 5.38 Å². The molecule has 0 N–H and O–H groups in total. The van der Waals surface area contributed by atoms with Gasteiger partial charge < -0.3 is 0 Å². The van der Waals surface area contributed by atoms with Crippen molar-refractivity contribution in [1.29, 1.82) is 0 Å². The minimum atomic E-state index is -0.772. The van der Waals surface area contributed by atoms with Gasteiger partial charge in [-0.15, -0.1) is 11.6 Å². The molecule has 2 fully saturated rings. The third-order valence-electron chi connectivity index (χ3n) is 4.20. The summed E-state index contributed by atoms with van der Waals surface area (Å²) in [5, 5.41) is -0.0544. The van der Waals surface area contributed by atoms with Gasteiger partial charge in [-0.3, -0.25) is 0 Å². The summed E-state index contributed by atoms with van der Waals surface area (Å²) in [5.41, 5.74) is 0.418. The lowest BCUT2D eigenvalue weighted by Gasteiger charge is -2.22. The van der Waals surface area contributed by atoms with E-state index in [-0.39, 0.29) is 5.38 Å². The molecule has 1 aromatic rings. The van der Waals surface area contributed by atoms with Gasteiger partial charge >= 0.3 is 0 Å². The van der Waals surface area contributed by atoms with Crippen LogP contribution in [0.15, 0.2) is 18.2 Å². The average molecular weight is 271 g/mol. The highest BCUT2D eigenvalue weighted by Gasteiger charge is 2.44. The fraction of sp³-hybridized carbons (Fsp3) is 0.600. The van der Waals surface area contributed by atoms with Crippen LogP contribution in [0.5, 0.6) is 0 Å². The van der Waals surface area contributed by atoms with Gasteiger partial charge in [-0.05, 0) is 61.5 Å². The highest BCUT2D eigenvalue weighted by Crippen LogP contribution is 2.52. The predicted octanol–water partition coefficient (Wildman–Crippen LogP) is 4.55. The molecule has 1 unspecified atom stereocenters. The van der Waals surface area contributed by atoms with E-state index in [0.717, 1.165) is 17.9 Å². The molecule has 98 valence electrons. The number of alkyl halides is 1. The summed E-state index contributed by atoms with van der Waals surface area (Å²) >= 11 is 6.49. The third kappa shape index (κ3) is 2.54. The molecule has 0 amide bonds. The van der Waals surface area contributed by atoms with E-state index in [0.29, 0.717) is 17.9 Å². The Morgan fingerprint density at radius 2 is 1.72 bits per heavy atom. The lowest BCUT2D eigenvalue weighted by atomic mass is 9.90. The molecule has 0 aliphatic heterocycles. The molecule has 3 rings (SSSR count). The van der Waals surface area contributed by atoms with E-state index in [2.05, 4.69) is 0 Å². The molecule has 3 heteroatoms. The highest BCUT2D eigenvalue weighted by atomic mass is 35.5. The lowest BCUT2D eigenvalue weighted by molar-refractivity contribution is 0.380. The summed E-state index contributed by atoms with van der Waals surface area (Å²) in [4.78, 5) is 0. The van der Waals surface area contributed by atoms with Gasteiger partial charge in [0.1, 0.15) is 0 Å². The van der Waals surface area contributed by atoms with E-state index < -0.39 is 11.6 Å². The zero-order valence-electron chi connectivity index (χ0n) is 10.2. The molecule has 1 atom stereocenters. The number of benzene rings is 1. The summed E-state index contributed by atoms with van der Waals surface area (Å²) in [6, 6.07) is 4.35. The molecule has 0 saturated heterocycles. The Hall–Kier alpha value is -0.630. The van der Waals surface area contributed by atoms with E-state index >= 15 is 0 Å². The SMILES string of the molecule is Fc1cccc(CC(Cl)C(C2CC2)C2CC2)c1F. The first-order valence-corrected chi connectivity index (χ1v) is 7.17. The van der Waals surface area contributed by atoms with Crippen molar-refractivity contribution >= 4 is 11.6 Å². The van der Waals surface area contributed by atoms with E-state index in [4.69, 9.17) is 11.6 Å². The molecule has 0 nitrogen and oxygen atoms in total. The summed E-state index contributed by atoms with van der Waals surface area (Å²) in [6.07, 6.45) is 5.49. The summed E-state index contributed by atoms with van der Waals surface area (Å²) < 4.78 is 26.8. The van der Waals surface area contributed by atoms with Crippen LogP contribution in [0, 0.1) is 29.4 Å². The zero-order chi connectivity index (χ0) is 12.7. The quantitative estimate of drug-likeness (QED) is 0.689. The summed E-state index contributed by atoms with van der Waals surface area (Å²) in [7, 11) is 0. The first-order valence-electron chi connectivity index (χ1n) is 6.73. The summed E-state index contributed by atoms with van der Waals surface area (Å²) in [6.45, 7) is 0. The number of halogens is 3. The second kappa shape index (κ2) is 4.80. The zero-order valence-corrected chi connectivity index (χ0v) is 11.0. The molecule has 0 bridgehead atoms. The van der Waals surface area contributed by atoms with Crippen molar-refractivity contribution in [3.8, 4) is 0 Å². The maximum Gasteiger partial charge on any atom is 0.162 e. The Labute approximate surface area is 111 Å². The molecular weight excluding hydrogens is 254 g/mol. The van der Waals surface area contributed by atoms with Crippen LogP contribution in [0.25, 0.3) is 0 Å². The molecule has 2 aliphatic carbocycles. The van der Waals surface area contributed by atoms with Gasteiger partial charge in [-0.1, -0.05) is 12.1 Å². The molecule has 0 heterocycles. The molecule has 0 spiro atoms. The minimum Gasteiger partial charge on any atom is -0.204 e. The average Bonchev–Trinajstić information content (AvgIpc) is 3.18. The van der Waals surface area contributed by atoms with Crippen molar-refractivity contribution in [1.82, 2.24) is 0 Å². The molecule has 1 aromatic carbocycles. The van der Waals surface area contributed by atoms with Gasteiger partial charge in [0, 0.05) is 5.38 Å². The number of hydrogen-bond acceptors (Lipinski definition) is 0. The molecule has 0 radical (unpaired) electrons. The van der Waals surface area contributed by atoms with Gasteiger partial charge in [0.05, 0.1) is 0 Å². The first-order chi connectivity index (χ1) is 8.66. The molecular formula is C15H17ClF2. The van der Waals surface area contributed by atoms with Crippen LogP contribution in [0.1, 0.15) is 31.2 Å². The second-order valence-corrected chi connectivity index (χ2v) is 6.25. The number of rotatable bonds is 5. The van der Waals surface area contributed by atoms with Crippen LogP contribution in [-0.2, 0) is 6.42 Å². The van der Waals surface area contributed by atoms with Crippen molar-refractivity contribution in [2.75, 3.05) is 0 Å². The molecule has 2 aliphatic rings. The van der Waals surface area contributed by atoms with Gasteiger partial charge in [0.2, 0.25) is 0 Å². The topological polar surface area (TPSA) is 0 Å². The third-order valence-corrected chi connectivity index (χ3v) is 4.64.